The lowest BCUT2D eigenvalue weighted by Crippen LogP contribution is -2.12. The summed E-state index contributed by atoms with van der Waals surface area (Å²) in [6, 6.07) is 1.46. The maximum Gasteiger partial charge on any atom is 0.416 e. The van der Waals surface area contributed by atoms with Crippen molar-refractivity contribution in [3.8, 4) is 0 Å². The molecule has 0 aliphatic heterocycles. The summed E-state index contributed by atoms with van der Waals surface area (Å²) in [6.07, 6.45) is -4.69. The van der Waals surface area contributed by atoms with Gasteiger partial charge in [-0.2, -0.15) is 13.2 Å². The maximum absolute atomic E-state index is 13.0. The molecule has 0 spiro atoms. The second-order valence-electron chi connectivity index (χ2n) is 2.65. The van der Waals surface area contributed by atoms with E-state index >= 15 is 0 Å². The quantitative estimate of drug-likeness (QED) is 0.548. The van der Waals surface area contributed by atoms with Gasteiger partial charge in [0.1, 0.15) is 0 Å². The van der Waals surface area contributed by atoms with Crippen LogP contribution in [0, 0.1) is 5.82 Å². The number of rotatable bonds is 1. The van der Waals surface area contributed by atoms with Crippen LogP contribution in [0.1, 0.15) is 11.1 Å². The summed E-state index contributed by atoms with van der Waals surface area (Å²) in [5.74, 6) is -1.22. The van der Waals surface area contributed by atoms with Gasteiger partial charge in [0.15, 0.2) is 5.82 Å². The van der Waals surface area contributed by atoms with Crippen LogP contribution >= 0.6 is 0 Å². The van der Waals surface area contributed by atoms with E-state index in [-0.39, 0.29) is 0 Å². The van der Waals surface area contributed by atoms with Gasteiger partial charge in [-0.3, -0.25) is 0 Å². The zero-order chi connectivity index (χ0) is 10.9. The van der Waals surface area contributed by atoms with E-state index in [9.17, 15) is 17.6 Å². The van der Waals surface area contributed by atoms with Crippen molar-refractivity contribution in [2.75, 3.05) is 5.73 Å². The highest BCUT2D eigenvalue weighted by molar-refractivity contribution is 5.47. The maximum atomic E-state index is 13.0. The number of hydrogen-bond acceptors (Lipinski definition) is 2. The third-order valence-corrected chi connectivity index (χ3v) is 1.74. The first-order chi connectivity index (χ1) is 6.38. The lowest BCUT2D eigenvalue weighted by molar-refractivity contribution is -0.138. The smallest absolute Gasteiger partial charge is 0.396 e. The van der Waals surface area contributed by atoms with E-state index in [1.165, 1.54) is 0 Å². The summed E-state index contributed by atoms with van der Waals surface area (Å²) in [7, 11) is 0. The first-order valence-corrected chi connectivity index (χ1v) is 3.63. The molecule has 0 saturated carbocycles. The number of aliphatic hydroxyl groups is 1. The van der Waals surface area contributed by atoms with Gasteiger partial charge in [-0.15, -0.1) is 0 Å². The van der Waals surface area contributed by atoms with Crippen molar-refractivity contribution in [2.45, 2.75) is 12.8 Å². The molecular weight excluding hydrogens is 202 g/mol. The fourth-order valence-electron chi connectivity index (χ4n) is 1.06. The molecule has 0 atom stereocenters. The molecule has 0 saturated heterocycles. The van der Waals surface area contributed by atoms with E-state index in [1.807, 2.05) is 0 Å². The number of nitrogen functional groups attached to an aromatic ring is 1. The first kappa shape index (κ1) is 10.8. The van der Waals surface area contributed by atoms with Crippen LogP contribution < -0.4 is 5.73 Å². The number of nitrogens with two attached hydrogens (primary N) is 1. The molecule has 0 bridgehead atoms. The highest BCUT2D eigenvalue weighted by atomic mass is 19.4. The lowest BCUT2D eigenvalue weighted by Gasteiger charge is -2.12. The van der Waals surface area contributed by atoms with Crippen molar-refractivity contribution in [1.82, 2.24) is 0 Å². The van der Waals surface area contributed by atoms with Gasteiger partial charge in [0, 0.05) is 5.56 Å². The minimum Gasteiger partial charge on any atom is -0.396 e. The third kappa shape index (κ3) is 1.79. The minimum atomic E-state index is -4.69. The monoisotopic (exact) mass is 209 g/mol. The molecule has 0 heterocycles. The largest absolute Gasteiger partial charge is 0.416 e. The SMILES string of the molecule is Nc1ccc(C(F)(F)F)c(CO)c1F. The first-order valence-electron chi connectivity index (χ1n) is 3.63. The molecule has 1 aromatic rings. The standard InChI is InChI=1S/C8H7F4NO/c9-7-4(3-14)5(8(10,11)12)1-2-6(7)13/h1-2,14H,3,13H2. The van der Waals surface area contributed by atoms with E-state index in [0.29, 0.717) is 6.07 Å². The van der Waals surface area contributed by atoms with Gasteiger partial charge in [-0.1, -0.05) is 0 Å². The van der Waals surface area contributed by atoms with Gasteiger partial charge in [-0.25, -0.2) is 4.39 Å². The predicted octanol–water partition coefficient (Wildman–Crippen LogP) is 1.92. The van der Waals surface area contributed by atoms with Crippen LogP contribution in [-0.2, 0) is 12.8 Å². The van der Waals surface area contributed by atoms with Gasteiger partial charge < -0.3 is 10.8 Å². The molecule has 0 fully saturated rings. The topological polar surface area (TPSA) is 46.2 Å². The predicted molar refractivity (Wildman–Crippen MR) is 41.7 cm³/mol. The van der Waals surface area contributed by atoms with E-state index < -0.39 is 35.4 Å². The van der Waals surface area contributed by atoms with Crippen molar-refractivity contribution < 1.29 is 22.7 Å². The molecule has 0 amide bonds. The van der Waals surface area contributed by atoms with Crippen molar-refractivity contribution >= 4 is 5.69 Å². The summed E-state index contributed by atoms with van der Waals surface area (Å²) < 4.78 is 49.7. The van der Waals surface area contributed by atoms with Crippen LogP contribution in [0.4, 0.5) is 23.2 Å². The Balaban J connectivity index is 3.39. The summed E-state index contributed by atoms with van der Waals surface area (Å²) in [5.41, 5.74) is 2.62. The molecule has 0 aromatic heterocycles. The molecule has 0 radical (unpaired) electrons. The average molecular weight is 209 g/mol. The van der Waals surface area contributed by atoms with Crippen LogP contribution in [0.25, 0.3) is 0 Å². The number of hydrogen-bond donors (Lipinski definition) is 2. The average Bonchev–Trinajstić information content (AvgIpc) is 2.07. The van der Waals surface area contributed by atoms with E-state index in [4.69, 9.17) is 10.8 Å². The molecular formula is C8H7F4NO. The summed E-state index contributed by atoms with van der Waals surface area (Å²) in [6.45, 7) is -1.04. The number of benzene rings is 1. The highest BCUT2D eigenvalue weighted by Gasteiger charge is 2.34. The number of anilines is 1. The molecule has 6 heteroatoms. The van der Waals surface area contributed by atoms with Crippen LogP contribution in [0.15, 0.2) is 12.1 Å². The zero-order valence-corrected chi connectivity index (χ0v) is 6.90. The van der Waals surface area contributed by atoms with Crippen molar-refractivity contribution in [2.24, 2.45) is 0 Å². The number of alkyl halides is 3. The normalized spacial score (nSPS) is 11.8. The van der Waals surface area contributed by atoms with Crippen molar-refractivity contribution in [3.05, 3.63) is 29.1 Å². The molecule has 2 nitrogen and oxygen atoms in total. The third-order valence-electron chi connectivity index (χ3n) is 1.74. The van der Waals surface area contributed by atoms with Gasteiger partial charge in [-0.05, 0) is 12.1 Å². The lowest BCUT2D eigenvalue weighted by atomic mass is 10.1. The van der Waals surface area contributed by atoms with Crippen LogP contribution in [0.3, 0.4) is 0 Å². The Morgan fingerprint density at radius 3 is 2.29 bits per heavy atom. The van der Waals surface area contributed by atoms with Gasteiger partial charge in [0.2, 0.25) is 0 Å². The Hall–Kier alpha value is -1.30. The van der Waals surface area contributed by atoms with E-state index in [2.05, 4.69) is 0 Å². The molecule has 0 aliphatic carbocycles. The summed E-state index contributed by atoms with van der Waals surface area (Å²) in [4.78, 5) is 0. The summed E-state index contributed by atoms with van der Waals surface area (Å²) in [5, 5.41) is 8.59. The Bertz CT molecular complexity index is 348. The molecule has 78 valence electrons. The number of halogens is 4. The van der Waals surface area contributed by atoms with Crippen LogP contribution in [0.5, 0.6) is 0 Å². The van der Waals surface area contributed by atoms with Gasteiger partial charge in [0.25, 0.3) is 0 Å². The second kappa shape index (κ2) is 3.45. The molecule has 0 aliphatic rings. The fraction of sp³-hybridized carbons (Fsp3) is 0.250. The van der Waals surface area contributed by atoms with E-state index in [0.717, 1.165) is 6.07 Å². The van der Waals surface area contributed by atoms with E-state index in [1.54, 1.807) is 0 Å². The Kier molecular flexibility index (Phi) is 2.66. The Labute approximate surface area is 77.0 Å². The zero-order valence-electron chi connectivity index (χ0n) is 6.90. The summed E-state index contributed by atoms with van der Waals surface area (Å²) >= 11 is 0. The van der Waals surface area contributed by atoms with Crippen molar-refractivity contribution in [1.29, 1.82) is 0 Å². The van der Waals surface area contributed by atoms with Crippen LogP contribution in [0.2, 0.25) is 0 Å². The second-order valence-corrected chi connectivity index (χ2v) is 2.65. The number of aliphatic hydroxyl groups excluding tert-OH is 1. The molecule has 0 unspecified atom stereocenters. The Morgan fingerprint density at radius 2 is 1.86 bits per heavy atom. The minimum absolute atomic E-state index is 0.415. The van der Waals surface area contributed by atoms with Crippen molar-refractivity contribution in [3.63, 3.8) is 0 Å². The molecule has 1 rings (SSSR count). The molecule has 1 aromatic carbocycles. The molecule has 3 N–H and O–H groups in total. The van der Waals surface area contributed by atoms with Gasteiger partial charge >= 0.3 is 6.18 Å². The molecule has 14 heavy (non-hydrogen) atoms. The highest BCUT2D eigenvalue weighted by Crippen LogP contribution is 2.34. The van der Waals surface area contributed by atoms with Gasteiger partial charge in [0.05, 0.1) is 17.9 Å². The fourth-order valence-corrected chi connectivity index (χ4v) is 1.06. The van der Waals surface area contributed by atoms with Crippen LogP contribution in [-0.4, -0.2) is 5.11 Å². The Morgan fingerprint density at radius 1 is 1.29 bits per heavy atom.